The van der Waals surface area contributed by atoms with Crippen molar-refractivity contribution in [2.24, 2.45) is 0 Å². The predicted octanol–water partition coefficient (Wildman–Crippen LogP) is 2.45. The van der Waals surface area contributed by atoms with E-state index in [0.717, 1.165) is 14.7 Å². The summed E-state index contributed by atoms with van der Waals surface area (Å²) >= 11 is 1.43. The van der Waals surface area contributed by atoms with E-state index in [1.807, 2.05) is 24.4 Å². The summed E-state index contributed by atoms with van der Waals surface area (Å²) < 4.78 is 25.5. The van der Waals surface area contributed by atoms with Crippen LogP contribution in [0, 0.1) is 6.92 Å². The number of thiophene rings is 1. The summed E-state index contributed by atoms with van der Waals surface area (Å²) in [5.41, 5.74) is 0.969. The average molecular weight is 309 g/mol. The van der Waals surface area contributed by atoms with Crippen LogP contribution in [0.25, 0.3) is 0 Å². The van der Waals surface area contributed by atoms with E-state index in [-0.39, 0.29) is 11.3 Å². The first-order chi connectivity index (χ1) is 9.41. The molecule has 1 heterocycles. The molecule has 0 atom stereocenters. The van der Waals surface area contributed by atoms with Gasteiger partial charge in [0.25, 0.3) is 10.0 Å². The van der Waals surface area contributed by atoms with E-state index in [1.54, 1.807) is 12.1 Å². The zero-order chi connectivity index (χ0) is 14.8. The average Bonchev–Trinajstić information content (AvgIpc) is 2.91. The number of amides is 1. The summed E-state index contributed by atoms with van der Waals surface area (Å²) in [6, 6.07) is 10.1. The number of nitrogens with zero attached hydrogens (tertiary/aromatic N) is 1. The molecule has 0 aliphatic rings. The number of sulfonamides is 1. The summed E-state index contributed by atoms with van der Waals surface area (Å²) in [7, 11) is -2.47. The van der Waals surface area contributed by atoms with Crippen molar-refractivity contribution in [3.05, 3.63) is 52.2 Å². The molecule has 0 spiro atoms. The monoisotopic (exact) mass is 309 g/mol. The van der Waals surface area contributed by atoms with Gasteiger partial charge in [0.1, 0.15) is 0 Å². The molecule has 4 nitrogen and oxygen atoms in total. The summed E-state index contributed by atoms with van der Waals surface area (Å²) in [6.45, 7) is 1.88. The van der Waals surface area contributed by atoms with Gasteiger partial charge in [-0.05, 0) is 30.5 Å². The number of rotatable bonds is 4. The third-order valence-electron chi connectivity index (χ3n) is 2.94. The molecule has 1 amide bonds. The lowest BCUT2D eigenvalue weighted by Crippen LogP contribution is -2.34. The topological polar surface area (TPSA) is 54.5 Å². The molecule has 6 heteroatoms. The van der Waals surface area contributed by atoms with Crippen molar-refractivity contribution in [1.29, 1.82) is 0 Å². The predicted molar refractivity (Wildman–Crippen MR) is 79.2 cm³/mol. The molecule has 0 bridgehead atoms. The fourth-order valence-electron chi connectivity index (χ4n) is 1.68. The van der Waals surface area contributed by atoms with Crippen LogP contribution in [0.3, 0.4) is 0 Å². The second-order valence-corrected chi connectivity index (χ2v) is 7.44. The van der Waals surface area contributed by atoms with Crippen LogP contribution in [0.2, 0.25) is 0 Å². The number of hydrogen-bond donors (Lipinski definition) is 0. The van der Waals surface area contributed by atoms with Crippen LogP contribution in [-0.2, 0) is 21.2 Å². The molecule has 2 aromatic rings. The van der Waals surface area contributed by atoms with Gasteiger partial charge in [-0.2, -0.15) is 0 Å². The number of carbonyl (C=O) groups is 1. The van der Waals surface area contributed by atoms with Gasteiger partial charge in [0.05, 0.1) is 11.3 Å². The Balaban J connectivity index is 2.20. The Kier molecular flexibility index (Phi) is 4.25. The molecule has 0 saturated carbocycles. The maximum atomic E-state index is 12.3. The lowest BCUT2D eigenvalue weighted by molar-refractivity contribution is -0.124. The first kappa shape index (κ1) is 14.7. The Morgan fingerprint density at radius 3 is 2.40 bits per heavy atom. The molecular formula is C14H15NO3S2. The highest BCUT2D eigenvalue weighted by atomic mass is 32.2. The van der Waals surface area contributed by atoms with E-state index in [1.165, 1.54) is 30.5 Å². The molecule has 1 aromatic heterocycles. The first-order valence-corrected chi connectivity index (χ1v) is 8.34. The third kappa shape index (κ3) is 3.08. The lowest BCUT2D eigenvalue weighted by Gasteiger charge is -2.17. The molecule has 0 saturated heterocycles. The Morgan fingerprint density at radius 1 is 1.20 bits per heavy atom. The molecule has 0 aliphatic heterocycles. The van der Waals surface area contributed by atoms with Crippen molar-refractivity contribution in [2.45, 2.75) is 18.2 Å². The zero-order valence-electron chi connectivity index (χ0n) is 11.2. The first-order valence-electron chi connectivity index (χ1n) is 6.02. The quantitative estimate of drug-likeness (QED) is 0.871. The van der Waals surface area contributed by atoms with Gasteiger partial charge >= 0.3 is 0 Å². The van der Waals surface area contributed by atoms with Gasteiger partial charge in [0, 0.05) is 11.9 Å². The molecule has 1 aromatic carbocycles. The van der Waals surface area contributed by atoms with Crippen molar-refractivity contribution in [3.8, 4) is 0 Å². The second kappa shape index (κ2) is 5.76. The molecule has 0 radical (unpaired) electrons. The van der Waals surface area contributed by atoms with E-state index < -0.39 is 15.9 Å². The molecule has 0 unspecified atom stereocenters. The van der Waals surface area contributed by atoms with E-state index in [0.29, 0.717) is 0 Å². The fraction of sp³-hybridized carbons (Fsp3) is 0.214. The Morgan fingerprint density at radius 2 is 1.85 bits per heavy atom. The number of likely N-dealkylation sites (N-methyl/N-ethyl adjacent to an activating group) is 1. The highest BCUT2D eigenvalue weighted by molar-refractivity contribution is 7.89. The minimum Gasteiger partial charge on any atom is -0.273 e. The van der Waals surface area contributed by atoms with Crippen LogP contribution in [0.4, 0.5) is 0 Å². The lowest BCUT2D eigenvalue weighted by atomic mass is 10.2. The van der Waals surface area contributed by atoms with Crippen molar-refractivity contribution in [1.82, 2.24) is 4.31 Å². The van der Waals surface area contributed by atoms with Crippen LogP contribution in [0.1, 0.15) is 10.4 Å². The van der Waals surface area contributed by atoms with E-state index in [2.05, 4.69) is 0 Å². The van der Waals surface area contributed by atoms with Crippen LogP contribution in [0.5, 0.6) is 0 Å². The summed E-state index contributed by atoms with van der Waals surface area (Å²) in [6.07, 6.45) is 0.0965. The minimum absolute atomic E-state index is 0.0965. The molecule has 2 rings (SSSR count). The Bertz CT molecular complexity index is 689. The summed E-state index contributed by atoms with van der Waals surface area (Å²) in [4.78, 5) is 13.0. The van der Waals surface area contributed by atoms with Gasteiger partial charge < -0.3 is 0 Å². The van der Waals surface area contributed by atoms with Gasteiger partial charge in [0.2, 0.25) is 5.91 Å². The summed E-state index contributed by atoms with van der Waals surface area (Å²) in [5.74, 6) is -0.437. The van der Waals surface area contributed by atoms with E-state index in [4.69, 9.17) is 0 Å². The smallest absolute Gasteiger partial charge is 0.266 e. The van der Waals surface area contributed by atoms with Gasteiger partial charge in [-0.15, -0.1) is 11.3 Å². The fourth-order valence-corrected chi connectivity index (χ4v) is 3.50. The molecule has 0 N–H and O–H groups in total. The van der Waals surface area contributed by atoms with Crippen LogP contribution < -0.4 is 0 Å². The maximum absolute atomic E-state index is 12.3. The minimum atomic E-state index is -3.77. The number of hydrogen-bond acceptors (Lipinski definition) is 4. The van der Waals surface area contributed by atoms with E-state index >= 15 is 0 Å². The van der Waals surface area contributed by atoms with Crippen molar-refractivity contribution in [3.63, 3.8) is 0 Å². The molecule has 20 heavy (non-hydrogen) atoms. The van der Waals surface area contributed by atoms with Crippen molar-refractivity contribution >= 4 is 27.3 Å². The highest BCUT2D eigenvalue weighted by Crippen LogP contribution is 2.17. The van der Waals surface area contributed by atoms with Crippen LogP contribution in [0.15, 0.2) is 46.7 Å². The second-order valence-electron chi connectivity index (χ2n) is 4.44. The number of aryl methyl sites for hydroxylation is 1. The third-order valence-corrected chi connectivity index (χ3v) is 5.61. The highest BCUT2D eigenvalue weighted by Gasteiger charge is 2.25. The standard InChI is InChI=1S/C14H15NO3S2/c1-11-5-7-13(8-6-11)20(17,18)15(2)14(16)10-12-4-3-9-19-12/h3-9H,10H2,1-2H3. The largest absolute Gasteiger partial charge is 0.273 e. The molecule has 0 fully saturated rings. The summed E-state index contributed by atoms with van der Waals surface area (Å²) in [5, 5.41) is 1.86. The Hall–Kier alpha value is -1.66. The SMILES string of the molecule is Cc1ccc(S(=O)(=O)N(C)C(=O)Cc2cccs2)cc1. The number of benzene rings is 1. The van der Waals surface area contributed by atoms with Gasteiger partial charge in [-0.3, -0.25) is 4.79 Å². The van der Waals surface area contributed by atoms with Gasteiger partial charge in [-0.25, -0.2) is 12.7 Å². The van der Waals surface area contributed by atoms with Crippen molar-refractivity contribution < 1.29 is 13.2 Å². The van der Waals surface area contributed by atoms with Crippen LogP contribution >= 0.6 is 11.3 Å². The zero-order valence-corrected chi connectivity index (χ0v) is 12.9. The Labute approximate surface area is 122 Å². The molecule has 0 aliphatic carbocycles. The normalized spacial score (nSPS) is 11.3. The molecular weight excluding hydrogens is 294 g/mol. The molecule has 106 valence electrons. The van der Waals surface area contributed by atoms with Crippen molar-refractivity contribution in [2.75, 3.05) is 7.05 Å². The maximum Gasteiger partial charge on any atom is 0.266 e. The van der Waals surface area contributed by atoms with Gasteiger partial charge in [0.15, 0.2) is 0 Å². The number of carbonyl (C=O) groups excluding carboxylic acids is 1. The van der Waals surface area contributed by atoms with Crippen LogP contribution in [-0.4, -0.2) is 25.7 Å². The van der Waals surface area contributed by atoms with E-state index in [9.17, 15) is 13.2 Å². The van der Waals surface area contributed by atoms with Gasteiger partial charge in [-0.1, -0.05) is 23.8 Å².